The lowest BCUT2D eigenvalue weighted by molar-refractivity contribution is -0.0935. The van der Waals surface area contributed by atoms with Crippen LogP contribution in [0.4, 0.5) is 0 Å². The molecule has 0 radical (unpaired) electrons. The highest BCUT2D eigenvalue weighted by Crippen LogP contribution is 2.07. The zero-order valence-electron chi connectivity index (χ0n) is 16.2. The van der Waals surface area contributed by atoms with E-state index in [1.807, 2.05) is 60.7 Å². The van der Waals surface area contributed by atoms with Gasteiger partial charge in [-0.1, -0.05) is 66.7 Å². The first-order valence-corrected chi connectivity index (χ1v) is 9.50. The number of hydrogen-bond donors (Lipinski definition) is 1. The summed E-state index contributed by atoms with van der Waals surface area (Å²) in [5.41, 5.74) is 2.15. The molecule has 0 saturated carbocycles. The van der Waals surface area contributed by atoms with Crippen molar-refractivity contribution in [1.82, 2.24) is 0 Å². The third kappa shape index (κ3) is 9.26. The standard InChI is InChI=1S/C23H30O5/c1-2-13-25-18-23(28-16-21-11-7-4-8-12-21)19-26-17-22(14-24)27-15-20-9-5-3-6-10-20/h2-12,22-24H,1,13-19H2. The molecule has 5 nitrogen and oxygen atoms in total. The second-order valence-corrected chi connectivity index (χ2v) is 6.38. The Bertz CT molecular complexity index is 632. The van der Waals surface area contributed by atoms with Gasteiger partial charge in [0.25, 0.3) is 0 Å². The van der Waals surface area contributed by atoms with E-state index >= 15 is 0 Å². The normalized spacial score (nSPS) is 13.2. The molecule has 0 amide bonds. The quantitative estimate of drug-likeness (QED) is 0.376. The highest BCUT2D eigenvalue weighted by atomic mass is 16.6. The van der Waals surface area contributed by atoms with E-state index in [9.17, 15) is 5.11 Å². The maximum absolute atomic E-state index is 9.52. The van der Waals surface area contributed by atoms with Gasteiger partial charge in [0.2, 0.25) is 0 Å². The second kappa shape index (κ2) is 14.0. The molecule has 2 aromatic carbocycles. The summed E-state index contributed by atoms with van der Waals surface area (Å²) in [4.78, 5) is 0. The molecule has 152 valence electrons. The summed E-state index contributed by atoms with van der Waals surface area (Å²) in [6.07, 6.45) is 1.10. The molecule has 2 aromatic rings. The molecule has 0 bridgehead atoms. The van der Waals surface area contributed by atoms with Crippen molar-refractivity contribution in [2.24, 2.45) is 0 Å². The number of rotatable bonds is 15. The second-order valence-electron chi connectivity index (χ2n) is 6.38. The molecule has 0 aliphatic heterocycles. The van der Waals surface area contributed by atoms with Crippen LogP contribution in [0.5, 0.6) is 0 Å². The van der Waals surface area contributed by atoms with Crippen molar-refractivity contribution >= 4 is 0 Å². The van der Waals surface area contributed by atoms with Gasteiger partial charge in [-0.25, -0.2) is 0 Å². The lowest BCUT2D eigenvalue weighted by atomic mass is 10.2. The van der Waals surface area contributed by atoms with Crippen LogP contribution in [0.15, 0.2) is 73.3 Å². The minimum absolute atomic E-state index is 0.102. The first-order chi connectivity index (χ1) is 13.8. The van der Waals surface area contributed by atoms with E-state index in [4.69, 9.17) is 18.9 Å². The number of aliphatic hydroxyl groups is 1. The van der Waals surface area contributed by atoms with Crippen LogP contribution in [0.25, 0.3) is 0 Å². The lowest BCUT2D eigenvalue weighted by Crippen LogP contribution is -2.30. The summed E-state index contributed by atoms with van der Waals surface area (Å²) in [6, 6.07) is 19.8. The van der Waals surface area contributed by atoms with Crippen LogP contribution < -0.4 is 0 Å². The Kier molecular flexibility index (Phi) is 11.2. The molecule has 0 saturated heterocycles. The Balaban J connectivity index is 1.73. The van der Waals surface area contributed by atoms with E-state index in [2.05, 4.69) is 6.58 Å². The molecule has 5 heteroatoms. The van der Waals surface area contributed by atoms with Crippen molar-refractivity contribution in [3.8, 4) is 0 Å². The van der Waals surface area contributed by atoms with Gasteiger partial charge in [0.15, 0.2) is 0 Å². The topological polar surface area (TPSA) is 57.2 Å². The highest BCUT2D eigenvalue weighted by Gasteiger charge is 2.14. The largest absolute Gasteiger partial charge is 0.394 e. The van der Waals surface area contributed by atoms with Gasteiger partial charge in [-0.05, 0) is 11.1 Å². The fraction of sp³-hybridized carbons (Fsp3) is 0.391. The maximum atomic E-state index is 9.52. The molecule has 0 aliphatic rings. The Labute approximate surface area is 167 Å². The summed E-state index contributed by atoms with van der Waals surface area (Å²) in [7, 11) is 0. The van der Waals surface area contributed by atoms with Crippen molar-refractivity contribution in [1.29, 1.82) is 0 Å². The fourth-order valence-corrected chi connectivity index (χ4v) is 2.49. The van der Waals surface area contributed by atoms with Crippen LogP contribution in [-0.4, -0.2) is 50.3 Å². The van der Waals surface area contributed by atoms with Crippen LogP contribution in [0.3, 0.4) is 0 Å². The molecular weight excluding hydrogens is 356 g/mol. The molecule has 0 fully saturated rings. The van der Waals surface area contributed by atoms with Crippen LogP contribution in [0.1, 0.15) is 11.1 Å². The average molecular weight is 386 g/mol. The summed E-state index contributed by atoms with van der Waals surface area (Å²) in [5.74, 6) is 0. The summed E-state index contributed by atoms with van der Waals surface area (Å²) in [6.45, 7) is 5.99. The lowest BCUT2D eigenvalue weighted by Gasteiger charge is -2.20. The van der Waals surface area contributed by atoms with Crippen LogP contribution in [0, 0.1) is 0 Å². The molecule has 28 heavy (non-hydrogen) atoms. The number of aliphatic hydroxyl groups excluding tert-OH is 1. The number of benzene rings is 2. The van der Waals surface area contributed by atoms with Crippen molar-refractivity contribution in [3.63, 3.8) is 0 Å². The van der Waals surface area contributed by atoms with Gasteiger partial charge in [0, 0.05) is 0 Å². The minimum atomic E-state index is -0.385. The van der Waals surface area contributed by atoms with Crippen LogP contribution in [-0.2, 0) is 32.2 Å². The average Bonchev–Trinajstić information content (AvgIpc) is 2.75. The highest BCUT2D eigenvalue weighted by molar-refractivity contribution is 5.14. The van der Waals surface area contributed by atoms with Gasteiger partial charge < -0.3 is 24.1 Å². The van der Waals surface area contributed by atoms with Crippen molar-refractivity contribution in [2.75, 3.05) is 33.0 Å². The van der Waals surface area contributed by atoms with Crippen molar-refractivity contribution in [3.05, 3.63) is 84.4 Å². The Morgan fingerprint density at radius 3 is 1.79 bits per heavy atom. The first kappa shape index (κ1) is 22.3. The third-order valence-corrected chi connectivity index (χ3v) is 4.01. The van der Waals surface area contributed by atoms with Gasteiger partial charge in [0.05, 0.1) is 46.2 Å². The van der Waals surface area contributed by atoms with E-state index in [1.165, 1.54) is 0 Å². The van der Waals surface area contributed by atoms with Crippen molar-refractivity contribution in [2.45, 2.75) is 25.4 Å². The SMILES string of the molecule is C=CCOCC(COCC(CO)OCc1ccccc1)OCc1ccccc1. The van der Waals surface area contributed by atoms with E-state index < -0.39 is 0 Å². The number of hydrogen-bond acceptors (Lipinski definition) is 5. The van der Waals surface area contributed by atoms with Gasteiger partial charge in [-0.2, -0.15) is 0 Å². The van der Waals surface area contributed by atoms with Gasteiger partial charge in [0.1, 0.15) is 12.2 Å². The monoisotopic (exact) mass is 386 g/mol. The van der Waals surface area contributed by atoms with Gasteiger partial charge >= 0.3 is 0 Å². The van der Waals surface area contributed by atoms with Gasteiger partial charge in [-0.15, -0.1) is 6.58 Å². The Morgan fingerprint density at radius 2 is 1.25 bits per heavy atom. The molecule has 0 aromatic heterocycles. The molecule has 0 heterocycles. The van der Waals surface area contributed by atoms with E-state index in [-0.39, 0.29) is 25.4 Å². The summed E-state index contributed by atoms with van der Waals surface area (Å²) >= 11 is 0. The van der Waals surface area contributed by atoms with Crippen LogP contribution in [0.2, 0.25) is 0 Å². The predicted octanol–water partition coefficient (Wildman–Crippen LogP) is 3.37. The van der Waals surface area contributed by atoms with Crippen molar-refractivity contribution < 1.29 is 24.1 Å². The summed E-state index contributed by atoms with van der Waals surface area (Å²) in [5, 5.41) is 9.52. The summed E-state index contributed by atoms with van der Waals surface area (Å²) < 4.78 is 22.9. The molecule has 0 aliphatic carbocycles. The number of ether oxygens (including phenoxy) is 4. The smallest absolute Gasteiger partial charge is 0.105 e. The Morgan fingerprint density at radius 1 is 0.750 bits per heavy atom. The first-order valence-electron chi connectivity index (χ1n) is 9.50. The molecule has 1 N–H and O–H groups in total. The van der Waals surface area contributed by atoms with Crippen LogP contribution >= 0.6 is 0 Å². The minimum Gasteiger partial charge on any atom is -0.394 e. The van der Waals surface area contributed by atoms with E-state index in [1.54, 1.807) is 6.08 Å². The molecule has 2 unspecified atom stereocenters. The fourth-order valence-electron chi connectivity index (χ4n) is 2.49. The zero-order valence-corrected chi connectivity index (χ0v) is 16.2. The molecule has 2 atom stereocenters. The molecule has 0 spiro atoms. The predicted molar refractivity (Wildman–Crippen MR) is 109 cm³/mol. The Hall–Kier alpha value is -2.02. The maximum Gasteiger partial charge on any atom is 0.105 e. The third-order valence-electron chi connectivity index (χ3n) is 4.01. The van der Waals surface area contributed by atoms with E-state index in [0.29, 0.717) is 33.0 Å². The van der Waals surface area contributed by atoms with Gasteiger partial charge in [-0.3, -0.25) is 0 Å². The van der Waals surface area contributed by atoms with E-state index in [0.717, 1.165) is 11.1 Å². The zero-order chi connectivity index (χ0) is 19.9. The molecule has 2 rings (SSSR count). The molecular formula is C23H30O5.